The molecule has 0 fully saturated rings. The van der Waals surface area contributed by atoms with E-state index in [0.29, 0.717) is 6.20 Å². The van der Waals surface area contributed by atoms with Crippen LogP contribution in [0.15, 0.2) is 6.20 Å². The molecule has 0 atom stereocenters. The molecule has 3 nitrogen and oxygen atoms in total. The summed E-state index contributed by atoms with van der Waals surface area (Å²) in [6, 6.07) is 0. The van der Waals surface area contributed by atoms with E-state index in [9.17, 15) is 26.3 Å². The molecule has 0 aliphatic heterocycles. The van der Waals surface area contributed by atoms with Crippen molar-refractivity contribution in [1.29, 1.82) is 0 Å². The van der Waals surface area contributed by atoms with E-state index in [2.05, 4.69) is 30.4 Å². The molecular formula is C9H6BrF6NO2. The Morgan fingerprint density at radius 1 is 1.21 bits per heavy atom. The van der Waals surface area contributed by atoms with Crippen LogP contribution in [0.25, 0.3) is 0 Å². The quantitative estimate of drug-likeness (QED) is 0.610. The highest BCUT2D eigenvalue weighted by molar-refractivity contribution is 9.08. The van der Waals surface area contributed by atoms with Crippen LogP contribution in [0.4, 0.5) is 26.3 Å². The molecule has 0 spiro atoms. The summed E-state index contributed by atoms with van der Waals surface area (Å²) in [6.07, 6.45) is -9.98. The number of methoxy groups -OCH3 is 1. The standard InChI is InChI=1S/C9H6BrF6NO2/c1-18-7-4(2-10)17-3-5(19-9(14,15)16)6(7)8(11,12)13/h3H,2H2,1H3. The fourth-order valence-electron chi connectivity index (χ4n) is 1.30. The molecule has 0 N–H and O–H groups in total. The second-order valence-corrected chi connectivity index (χ2v) is 3.72. The number of halogens is 7. The molecule has 0 bridgehead atoms. The number of pyridine rings is 1. The van der Waals surface area contributed by atoms with Crippen molar-refractivity contribution in [3.63, 3.8) is 0 Å². The average molecular weight is 354 g/mol. The maximum absolute atomic E-state index is 12.8. The normalized spacial score (nSPS) is 12.4. The largest absolute Gasteiger partial charge is 0.573 e. The van der Waals surface area contributed by atoms with Gasteiger partial charge in [0.2, 0.25) is 0 Å². The van der Waals surface area contributed by atoms with Crippen LogP contribution in [0.5, 0.6) is 11.5 Å². The predicted molar refractivity (Wildman–Crippen MR) is 55.1 cm³/mol. The summed E-state index contributed by atoms with van der Waals surface area (Å²) >= 11 is 2.86. The summed E-state index contributed by atoms with van der Waals surface area (Å²) in [5, 5.41) is -0.119. The van der Waals surface area contributed by atoms with Gasteiger partial charge in [-0.15, -0.1) is 13.2 Å². The summed E-state index contributed by atoms with van der Waals surface area (Å²) in [7, 11) is 0.899. The van der Waals surface area contributed by atoms with Crippen molar-refractivity contribution in [2.75, 3.05) is 7.11 Å². The lowest BCUT2D eigenvalue weighted by molar-refractivity contribution is -0.276. The van der Waals surface area contributed by atoms with Gasteiger partial charge < -0.3 is 9.47 Å². The van der Waals surface area contributed by atoms with E-state index in [1.165, 1.54) is 0 Å². The van der Waals surface area contributed by atoms with Crippen LogP contribution >= 0.6 is 15.9 Å². The van der Waals surface area contributed by atoms with Gasteiger partial charge in [-0.2, -0.15) is 13.2 Å². The molecule has 1 rings (SSSR count). The molecule has 1 aromatic rings. The predicted octanol–water partition coefficient (Wildman–Crippen LogP) is 3.90. The van der Waals surface area contributed by atoms with E-state index >= 15 is 0 Å². The maximum Gasteiger partial charge on any atom is 0.573 e. The summed E-state index contributed by atoms with van der Waals surface area (Å²) < 4.78 is 82.4. The lowest BCUT2D eigenvalue weighted by Crippen LogP contribution is -2.21. The summed E-state index contributed by atoms with van der Waals surface area (Å²) in [4.78, 5) is 3.43. The van der Waals surface area contributed by atoms with Crippen LogP contribution in [0.2, 0.25) is 0 Å². The molecule has 108 valence electrons. The SMILES string of the molecule is COc1c(CBr)ncc(OC(F)(F)F)c1C(F)(F)F. The molecular weight excluding hydrogens is 348 g/mol. The molecule has 19 heavy (non-hydrogen) atoms. The highest BCUT2D eigenvalue weighted by Crippen LogP contribution is 2.45. The van der Waals surface area contributed by atoms with Gasteiger partial charge >= 0.3 is 12.5 Å². The van der Waals surface area contributed by atoms with Gasteiger partial charge in [0.15, 0.2) is 11.5 Å². The molecule has 10 heteroatoms. The summed E-state index contributed by atoms with van der Waals surface area (Å²) in [6.45, 7) is 0. The Kier molecular flexibility index (Phi) is 4.54. The van der Waals surface area contributed by atoms with Crippen molar-refractivity contribution in [1.82, 2.24) is 4.98 Å². The second kappa shape index (κ2) is 5.43. The van der Waals surface area contributed by atoms with Crippen molar-refractivity contribution >= 4 is 15.9 Å². The van der Waals surface area contributed by atoms with Crippen molar-refractivity contribution in [3.8, 4) is 11.5 Å². The third kappa shape index (κ3) is 3.88. The number of nitrogens with zero attached hydrogens (tertiary/aromatic N) is 1. The van der Waals surface area contributed by atoms with Gasteiger partial charge in [-0.3, -0.25) is 4.98 Å². The van der Waals surface area contributed by atoms with Crippen molar-refractivity contribution in [3.05, 3.63) is 17.5 Å². The van der Waals surface area contributed by atoms with E-state index in [-0.39, 0.29) is 11.0 Å². The molecule has 0 unspecified atom stereocenters. The number of rotatable bonds is 3. The van der Waals surface area contributed by atoms with Crippen LogP contribution in [-0.2, 0) is 11.5 Å². The molecule has 1 heterocycles. The highest BCUT2D eigenvalue weighted by Gasteiger charge is 2.43. The number of hydrogen-bond acceptors (Lipinski definition) is 3. The lowest BCUT2D eigenvalue weighted by atomic mass is 10.2. The smallest absolute Gasteiger partial charge is 0.494 e. The first-order chi connectivity index (χ1) is 8.60. The van der Waals surface area contributed by atoms with Gasteiger partial charge in [-0.1, -0.05) is 15.9 Å². The number of ether oxygens (including phenoxy) is 2. The van der Waals surface area contributed by atoms with Crippen LogP contribution < -0.4 is 9.47 Å². The average Bonchev–Trinajstić information content (AvgIpc) is 2.24. The maximum atomic E-state index is 12.8. The lowest BCUT2D eigenvalue weighted by Gasteiger charge is -2.19. The molecule has 0 saturated carbocycles. The molecule has 0 amide bonds. The fourth-order valence-corrected chi connectivity index (χ4v) is 1.70. The highest BCUT2D eigenvalue weighted by atomic mass is 79.9. The van der Waals surface area contributed by atoms with Crippen molar-refractivity contribution in [2.24, 2.45) is 0 Å². The van der Waals surface area contributed by atoms with Crippen LogP contribution in [0.3, 0.4) is 0 Å². The van der Waals surface area contributed by atoms with Crippen molar-refractivity contribution in [2.45, 2.75) is 17.9 Å². The minimum Gasteiger partial charge on any atom is -0.494 e. The zero-order valence-electron chi connectivity index (χ0n) is 9.19. The van der Waals surface area contributed by atoms with E-state index in [0.717, 1.165) is 7.11 Å². The second-order valence-electron chi connectivity index (χ2n) is 3.16. The summed E-state index contributed by atoms with van der Waals surface area (Å²) in [5.74, 6) is -2.27. The Morgan fingerprint density at radius 3 is 2.16 bits per heavy atom. The van der Waals surface area contributed by atoms with Gasteiger partial charge in [0, 0.05) is 5.33 Å². The zero-order valence-corrected chi connectivity index (χ0v) is 10.8. The van der Waals surface area contributed by atoms with Gasteiger partial charge in [-0.05, 0) is 0 Å². The number of alkyl halides is 7. The van der Waals surface area contributed by atoms with Gasteiger partial charge in [0.1, 0.15) is 5.56 Å². The summed E-state index contributed by atoms with van der Waals surface area (Å²) in [5.41, 5.74) is -1.85. The first kappa shape index (κ1) is 15.9. The Bertz CT molecular complexity index is 459. The van der Waals surface area contributed by atoms with E-state index in [4.69, 9.17) is 0 Å². The molecule has 0 radical (unpaired) electrons. The Morgan fingerprint density at radius 2 is 1.79 bits per heavy atom. The topological polar surface area (TPSA) is 31.4 Å². The Balaban J connectivity index is 3.48. The minimum atomic E-state index is -5.26. The number of hydrogen-bond donors (Lipinski definition) is 0. The third-order valence-corrected chi connectivity index (χ3v) is 2.44. The van der Waals surface area contributed by atoms with E-state index in [1.54, 1.807) is 0 Å². The first-order valence-electron chi connectivity index (χ1n) is 4.55. The van der Waals surface area contributed by atoms with Gasteiger partial charge in [0.05, 0.1) is 19.0 Å². The molecule has 1 aromatic heterocycles. The van der Waals surface area contributed by atoms with E-state index < -0.39 is 29.6 Å². The Hall–Kier alpha value is -1.19. The monoisotopic (exact) mass is 353 g/mol. The molecule has 0 aliphatic carbocycles. The molecule has 0 saturated heterocycles. The minimum absolute atomic E-state index is 0.119. The van der Waals surface area contributed by atoms with E-state index in [1.807, 2.05) is 0 Å². The van der Waals surface area contributed by atoms with Crippen molar-refractivity contribution < 1.29 is 35.8 Å². The fraction of sp³-hybridized carbons (Fsp3) is 0.444. The van der Waals surface area contributed by atoms with Gasteiger partial charge in [-0.25, -0.2) is 0 Å². The number of aromatic nitrogens is 1. The first-order valence-corrected chi connectivity index (χ1v) is 5.67. The van der Waals surface area contributed by atoms with Crippen LogP contribution in [0.1, 0.15) is 11.3 Å². The van der Waals surface area contributed by atoms with Gasteiger partial charge in [0.25, 0.3) is 0 Å². The third-order valence-electron chi connectivity index (χ3n) is 1.91. The molecule has 0 aromatic carbocycles. The molecule has 0 aliphatic rings. The Labute approximate surface area is 111 Å². The zero-order chi connectivity index (χ0) is 14.8. The van der Waals surface area contributed by atoms with Crippen LogP contribution in [0, 0.1) is 0 Å². The van der Waals surface area contributed by atoms with Crippen LogP contribution in [-0.4, -0.2) is 18.5 Å².